The highest BCUT2D eigenvalue weighted by Crippen LogP contribution is 2.09. The van der Waals surface area contributed by atoms with Gasteiger partial charge in [0.25, 0.3) is 0 Å². The van der Waals surface area contributed by atoms with Gasteiger partial charge in [-0.2, -0.15) is 0 Å². The molecule has 0 aliphatic carbocycles. The molecule has 0 bridgehead atoms. The maximum absolute atomic E-state index is 12.0. The SMILES string of the molecule is CC(=O)Nc1ccc(CNC(=O)CN(C)CCn2ccnc2C)cc1. The van der Waals surface area contributed by atoms with Crippen LogP contribution in [0.25, 0.3) is 0 Å². The summed E-state index contributed by atoms with van der Waals surface area (Å²) < 4.78 is 2.06. The van der Waals surface area contributed by atoms with Gasteiger partial charge < -0.3 is 15.2 Å². The molecular weight excluding hydrogens is 318 g/mol. The molecule has 25 heavy (non-hydrogen) atoms. The van der Waals surface area contributed by atoms with E-state index in [2.05, 4.69) is 20.2 Å². The largest absolute Gasteiger partial charge is 0.351 e. The molecule has 0 fully saturated rings. The van der Waals surface area contributed by atoms with Crippen LogP contribution in [-0.2, 0) is 22.7 Å². The minimum atomic E-state index is -0.102. The molecule has 0 spiro atoms. The predicted octanol–water partition coefficient (Wildman–Crippen LogP) is 1.40. The Bertz CT molecular complexity index is 709. The maximum Gasteiger partial charge on any atom is 0.234 e. The second kappa shape index (κ2) is 8.98. The Balaban J connectivity index is 1.70. The lowest BCUT2D eigenvalue weighted by Crippen LogP contribution is -2.36. The average molecular weight is 343 g/mol. The Kier molecular flexibility index (Phi) is 6.71. The highest BCUT2D eigenvalue weighted by atomic mass is 16.2. The number of hydrogen-bond acceptors (Lipinski definition) is 4. The number of amides is 2. The Morgan fingerprint density at radius 3 is 2.56 bits per heavy atom. The number of aromatic nitrogens is 2. The van der Waals surface area contributed by atoms with Crippen molar-refractivity contribution in [2.45, 2.75) is 26.9 Å². The van der Waals surface area contributed by atoms with E-state index >= 15 is 0 Å². The van der Waals surface area contributed by atoms with Crippen LogP contribution in [0, 0.1) is 6.92 Å². The molecule has 0 unspecified atom stereocenters. The molecule has 0 atom stereocenters. The number of benzene rings is 1. The molecule has 0 aliphatic rings. The Hall–Kier alpha value is -2.67. The number of imidazole rings is 1. The highest BCUT2D eigenvalue weighted by Gasteiger charge is 2.07. The van der Waals surface area contributed by atoms with Gasteiger partial charge >= 0.3 is 0 Å². The molecule has 2 aromatic rings. The molecule has 1 aromatic heterocycles. The Morgan fingerprint density at radius 1 is 1.24 bits per heavy atom. The molecule has 0 saturated heterocycles. The summed E-state index contributed by atoms with van der Waals surface area (Å²) in [5, 5.41) is 5.62. The first-order chi connectivity index (χ1) is 11.9. The monoisotopic (exact) mass is 343 g/mol. The van der Waals surface area contributed by atoms with Gasteiger partial charge in [-0.05, 0) is 31.7 Å². The van der Waals surface area contributed by atoms with Crippen molar-refractivity contribution < 1.29 is 9.59 Å². The van der Waals surface area contributed by atoms with Gasteiger partial charge in [-0.1, -0.05) is 12.1 Å². The van der Waals surface area contributed by atoms with Crippen LogP contribution >= 0.6 is 0 Å². The molecule has 0 saturated carbocycles. The van der Waals surface area contributed by atoms with Crippen LogP contribution < -0.4 is 10.6 Å². The van der Waals surface area contributed by atoms with Crippen molar-refractivity contribution in [3.05, 3.63) is 48.0 Å². The first-order valence-corrected chi connectivity index (χ1v) is 8.23. The van der Waals surface area contributed by atoms with Crippen molar-refractivity contribution in [3.63, 3.8) is 0 Å². The topological polar surface area (TPSA) is 79.3 Å². The lowest BCUT2D eigenvalue weighted by Gasteiger charge is -2.17. The molecule has 134 valence electrons. The number of aryl methyl sites for hydroxylation is 1. The number of carbonyl (C=O) groups is 2. The number of hydrogen-bond donors (Lipinski definition) is 2. The van der Waals surface area contributed by atoms with Crippen molar-refractivity contribution >= 4 is 17.5 Å². The van der Waals surface area contributed by atoms with E-state index in [-0.39, 0.29) is 11.8 Å². The molecule has 2 rings (SSSR count). The van der Waals surface area contributed by atoms with Gasteiger partial charge in [-0.25, -0.2) is 4.98 Å². The summed E-state index contributed by atoms with van der Waals surface area (Å²) in [7, 11) is 1.92. The quantitative estimate of drug-likeness (QED) is 0.759. The van der Waals surface area contributed by atoms with Crippen LogP contribution in [0.5, 0.6) is 0 Å². The minimum absolute atomic E-state index is 0.0178. The van der Waals surface area contributed by atoms with Crippen molar-refractivity contribution in [1.82, 2.24) is 19.8 Å². The van der Waals surface area contributed by atoms with Gasteiger partial charge in [0.05, 0.1) is 6.54 Å². The molecule has 7 nitrogen and oxygen atoms in total. The summed E-state index contributed by atoms with van der Waals surface area (Å²) in [6, 6.07) is 7.42. The maximum atomic E-state index is 12.0. The zero-order valence-electron chi connectivity index (χ0n) is 15.0. The summed E-state index contributed by atoms with van der Waals surface area (Å²) in [5.74, 6) is 0.853. The third kappa shape index (κ3) is 6.39. The number of likely N-dealkylation sites (N-methyl/N-ethyl adjacent to an activating group) is 1. The van der Waals surface area contributed by atoms with Crippen molar-refractivity contribution in [2.24, 2.45) is 0 Å². The standard InChI is InChI=1S/C18H25N5O2/c1-14-19-8-9-23(14)11-10-22(3)13-18(25)20-12-16-4-6-17(7-5-16)21-15(2)24/h4-9H,10-13H2,1-3H3,(H,20,25)(H,21,24). The van der Waals surface area contributed by atoms with Gasteiger partial charge in [0, 0.05) is 44.6 Å². The Morgan fingerprint density at radius 2 is 1.96 bits per heavy atom. The summed E-state index contributed by atoms with van der Waals surface area (Å²) >= 11 is 0. The average Bonchev–Trinajstić information content (AvgIpc) is 2.97. The van der Waals surface area contributed by atoms with E-state index in [1.807, 2.05) is 49.3 Å². The van der Waals surface area contributed by atoms with Gasteiger partial charge in [0.1, 0.15) is 5.82 Å². The minimum Gasteiger partial charge on any atom is -0.351 e. The van der Waals surface area contributed by atoms with Gasteiger partial charge in [0.15, 0.2) is 0 Å². The van der Waals surface area contributed by atoms with E-state index in [4.69, 9.17) is 0 Å². The third-order valence-electron chi connectivity index (χ3n) is 3.82. The molecular formula is C18H25N5O2. The van der Waals surface area contributed by atoms with Crippen LogP contribution in [0.15, 0.2) is 36.7 Å². The zero-order valence-corrected chi connectivity index (χ0v) is 15.0. The number of rotatable bonds is 8. The van der Waals surface area contributed by atoms with Crippen molar-refractivity contribution in [3.8, 4) is 0 Å². The van der Waals surface area contributed by atoms with E-state index in [9.17, 15) is 9.59 Å². The molecule has 2 amide bonds. The summed E-state index contributed by atoms with van der Waals surface area (Å²) in [6.45, 7) is 5.82. The van der Waals surface area contributed by atoms with Gasteiger partial charge in [-0.3, -0.25) is 14.5 Å². The summed E-state index contributed by atoms with van der Waals surface area (Å²) in [5.41, 5.74) is 1.73. The van der Waals surface area contributed by atoms with Crippen LogP contribution in [0.1, 0.15) is 18.3 Å². The highest BCUT2D eigenvalue weighted by molar-refractivity contribution is 5.88. The van der Waals surface area contributed by atoms with Crippen LogP contribution in [0.3, 0.4) is 0 Å². The van der Waals surface area contributed by atoms with E-state index in [1.54, 1.807) is 6.20 Å². The third-order valence-corrected chi connectivity index (χ3v) is 3.82. The summed E-state index contributed by atoms with van der Waals surface area (Å²) in [6.07, 6.45) is 3.72. The fourth-order valence-electron chi connectivity index (χ4n) is 2.41. The van der Waals surface area contributed by atoms with E-state index in [1.165, 1.54) is 6.92 Å². The second-order valence-corrected chi connectivity index (χ2v) is 6.06. The van der Waals surface area contributed by atoms with Gasteiger partial charge in [0.2, 0.25) is 11.8 Å². The van der Waals surface area contributed by atoms with Crippen LogP contribution in [-0.4, -0.2) is 46.4 Å². The number of anilines is 1. The first-order valence-electron chi connectivity index (χ1n) is 8.23. The fourth-order valence-corrected chi connectivity index (χ4v) is 2.41. The molecule has 2 N–H and O–H groups in total. The first kappa shape index (κ1) is 18.7. The van der Waals surface area contributed by atoms with Crippen LogP contribution in [0.4, 0.5) is 5.69 Å². The number of carbonyl (C=O) groups excluding carboxylic acids is 2. The van der Waals surface area contributed by atoms with Crippen LogP contribution in [0.2, 0.25) is 0 Å². The lowest BCUT2D eigenvalue weighted by atomic mass is 10.2. The molecule has 1 aromatic carbocycles. The van der Waals surface area contributed by atoms with Crippen molar-refractivity contribution in [2.75, 3.05) is 25.5 Å². The van der Waals surface area contributed by atoms with Crippen molar-refractivity contribution in [1.29, 1.82) is 0 Å². The smallest absolute Gasteiger partial charge is 0.234 e. The van der Waals surface area contributed by atoms with Gasteiger partial charge in [-0.15, -0.1) is 0 Å². The van der Waals surface area contributed by atoms with E-state index in [0.717, 1.165) is 30.2 Å². The zero-order chi connectivity index (χ0) is 18.2. The Labute approximate surface area is 148 Å². The lowest BCUT2D eigenvalue weighted by molar-refractivity contribution is -0.122. The second-order valence-electron chi connectivity index (χ2n) is 6.06. The fraction of sp³-hybridized carbons (Fsp3) is 0.389. The van der Waals surface area contributed by atoms with E-state index < -0.39 is 0 Å². The molecule has 0 radical (unpaired) electrons. The molecule has 7 heteroatoms. The molecule has 0 aliphatic heterocycles. The summed E-state index contributed by atoms with van der Waals surface area (Å²) in [4.78, 5) is 29.2. The number of nitrogens with zero attached hydrogens (tertiary/aromatic N) is 3. The normalized spacial score (nSPS) is 10.7. The number of nitrogens with one attached hydrogen (secondary N) is 2. The van der Waals surface area contributed by atoms with E-state index in [0.29, 0.717) is 13.1 Å². The predicted molar refractivity (Wildman–Crippen MR) is 97.1 cm³/mol. The molecule has 1 heterocycles.